The van der Waals surface area contributed by atoms with Crippen LogP contribution in [0.4, 0.5) is 5.69 Å². The number of nitrogens with zero attached hydrogens (tertiary/aromatic N) is 1. The van der Waals surface area contributed by atoms with E-state index in [2.05, 4.69) is 42.7 Å². The fraction of sp³-hybridized carbons (Fsp3) is 0.533. The van der Waals surface area contributed by atoms with Gasteiger partial charge in [0.15, 0.2) is 0 Å². The van der Waals surface area contributed by atoms with Crippen molar-refractivity contribution in [3.05, 3.63) is 29.3 Å². The number of benzene rings is 1. The fourth-order valence-electron chi connectivity index (χ4n) is 2.86. The largest absolute Gasteiger partial charge is 0.317 e. The van der Waals surface area contributed by atoms with E-state index in [1.54, 1.807) is 0 Å². The molecular weight excluding hydrogens is 238 g/mol. The predicted octanol–water partition coefficient (Wildman–Crippen LogP) is 1.29. The van der Waals surface area contributed by atoms with E-state index in [9.17, 15) is 4.79 Å². The summed E-state index contributed by atoms with van der Waals surface area (Å²) < 4.78 is 0. The van der Waals surface area contributed by atoms with Crippen molar-refractivity contribution < 1.29 is 4.79 Å². The van der Waals surface area contributed by atoms with Gasteiger partial charge < -0.3 is 15.5 Å². The maximum Gasteiger partial charge on any atom is 0.232 e. The van der Waals surface area contributed by atoms with E-state index in [0.29, 0.717) is 6.42 Å². The van der Waals surface area contributed by atoms with Crippen LogP contribution in [0.25, 0.3) is 0 Å². The number of hydrogen-bond donors (Lipinski definition) is 2. The first-order valence-electron chi connectivity index (χ1n) is 6.73. The number of likely N-dealkylation sites (N-methyl/N-ethyl adjacent to an activating group) is 1. The average molecular weight is 261 g/mol. The highest BCUT2D eigenvalue weighted by molar-refractivity contribution is 6.02. The van der Waals surface area contributed by atoms with Crippen molar-refractivity contribution in [1.29, 1.82) is 0 Å². The molecule has 1 heterocycles. The third-order valence-corrected chi connectivity index (χ3v) is 3.57. The van der Waals surface area contributed by atoms with Crippen molar-refractivity contribution in [2.24, 2.45) is 0 Å². The first-order chi connectivity index (χ1) is 8.99. The molecule has 4 nitrogen and oxygen atoms in total. The molecule has 0 aromatic heterocycles. The van der Waals surface area contributed by atoms with Crippen molar-refractivity contribution >= 4 is 11.6 Å². The molecule has 0 bridgehead atoms. The summed E-state index contributed by atoms with van der Waals surface area (Å²) in [4.78, 5) is 14.2. The highest BCUT2D eigenvalue weighted by Gasteiger charge is 2.37. The lowest BCUT2D eigenvalue weighted by atomic mass is 10.0. The lowest BCUT2D eigenvalue weighted by Crippen LogP contribution is -2.51. The zero-order chi connectivity index (χ0) is 14.0. The second-order valence-corrected chi connectivity index (χ2v) is 5.74. The molecule has 0 fully saturated rings. The van der Waals surface area contributed by atoms with Crippen LogP contribution in [0, 0.1) is 0 Å². The second kappa shape index (κ2) is 5.31. The van der Waals surface area contributed by atoms with Gasteiger partial charge in [0.2, 0.25) is 5.91 Å². The van der Waals surface area contributed by atoms with Crippen LogP contribution in [-0.2, 0) is 17.8 Å². The molecule has 2 rings (SSSR count). The predicted molar refractivity (Wildman–Crippen MR) is 78.4 cm³/mol. The Kier molecular flexibility index (Phi) is 3.92. The number of hydrogen-bond acceptors (Lipinski definition) is 3. The standard InChI is InChI=1S/C15H23N3O/c1-15(2,10-17-4)18-13-6-5-11(9-16-3)7-12(13)8-14(18)19/h5-7,16-17H,8-10H2,1-4H3. The van der Waals surface area contributed by atoms with E-state index in [1.807, 2.05) is 19.0 Å². The van der Waals surface area contributed by atoms with Crippen molar-refractivity contribution in [3.63, 3.8) is 0 Å². The van der Waals surface area contributed by atoms with Gasteiger partial charge >= 0.3 is 0 Å². The molecule has 104 valence electrons. The topological polar surface area (TPSA) is 44.4 Å². The number of nitrogens with one attached hydrogen (secondary N) is 2. The molecule has 0 spiro atoms. The number of amides is 1. The Balaban J connectivity index is 2.34. The minimum atomic E-state index is -0.207. The van der Waals surface area contributed by atoms with Gasteiger partial charge in [-0.2, -0.15) is 0 Å². The summed E-state index contributed by atoms with van der Waals surface area (Å²) >= 11 is 0. The molecule has 0 radical (unpaired) electrons. The number of anilines is 1. The van der Waals surface area contributed by atoms with Crippen molar-refractivity contribution in [1.82, 2.24) is 10.6 Å². The van der Waals surface area contributed by atoms with Gasteiger partial charge in [-0.1, -0.05) is 12.1 Å². The summed E-state index contributed by atoms with van der Waals surface area (Å²) in [5.41, 5.74) is 3.22. The summed E-state index contributed by atoms with van der Waals surface area (Å²) in [5, 5.41) is 6.30. The monoisotopic (exact) mass is 261 g/mol. The van der Waals surface area contributed by atoms with Crippen LogP contribution in [0.15, 0.2) is 18.2 Å². The summed E-state index contributed by atoms with van der Waals surface area (Å²) in [6, 6.07) is 6.31. The fourth-order valence-corrected chi connectivity index (χ4v) is 2.86. The Morgan fingerprint density at radius 3 is 2.63 bits per heavy atom. The Morgan fingerprint density at radius 1 is 1.26 bits per heavy atom. The molecule has 19 heavy (non-hydrogen) atoms. The van der Waals surface area contributed by atoms with E-state index >= 15 is 0 Å². The van der Waals surface area contributed by atoms with Crippen LogP contribution in [-0.4, -0.2) is 32.1 Å². The van der Waals surface area contributed by atoms with Crippen LogP contribution in [0.5, 0.6) is 0 Å². The highest BCUT2D eigenvalue weighted by atomic mass is 16.2. The third kappa shape index (κ3) is 2.65. The highest BCUT2D eigenvalue weighted by Crippen LogP contribution is 2.34. The zero-order valence-corrected chi connectivity index (χ0v) is 12.2. The molecule has 0 aliphatic carbocycles. The normalized spacial score (nSPS) is 14.9. The molecule has 0 unspecified atom stereocenters. The molecule has 1 aliphatic rings. The molecule has 1 aromatic rings. The molecule has 0 saturated heterocycles. The minimum Gasteiger partial charge on any atom is -0.317 e. The number of fused-ring (bicyclic) bond motifs is 1. The van der Waals surface area contributed by atoms with Gasteiger partial charge in [0.1, 0.15) is 0 Å². The van der Waals surface area contributed by atoms with Gasteiger partial charge in [0.05, 0.1) is 12.0 Å². The van der Waals surface area contributed by atoms with Crippen LogP contribution >= 0.6 is 0 Å². The SMILES string of the molecule is CNCc1ccc2c(c1)CC(=O)N2C(C)(C)CNC. The van der Waals surface area contributed by atoms with E-state index in [0.717, 1.165) is 24.3 Å². The van der Waals surface area contributed by atoms with E-state index in [1.165, 1.54) is 5.56 Å². The van der Waals surface area contributed by atoms with E-state index in [-0.39, 0.29) is 11.4 Å². The van der Waals surface area contributed by atoms with Gasteiger partial charge in [-0.3, -0.25) is 4.79 Å². The summed E-state index contributed by atoms with van der Waals surface area (Å²) in [6.45, 7) is 5.80. The third-order valence-electron chi connectivity index (χ3n) is 3.57. The Labute approximate surface area is 115 Å². The number of carbonyl (C=O) groups is 1. The number of carbonyl (C=O) groups excluding carboxylic acids is 1. The van der Waals surface area contributed by atoms with Crippen LogP contribution < -0.4 is 15.5 Å². The molecular formula is C15H23N3O. The molecule has 0 saturated carbocycles. The van der Waals surface area contributed by atoms with Crippen molar-refractivity contribution in [2.75, 3.05) is 25.5 Å². The molecule has 1 aromatic carbocycles. The van der Waals surface area contributed by atoms with Crippen LogP contribution in [0.2, 0.25) is 0 Å². The first kappa shape index (κ1) is 14.0. The van der Waals surface area contributed by atoms with Crippen LogP contribution in [0.3, 0.4) is 0 Å². The lowest BCUT2D eigenvalue weighted by Gasteiger charge is -2.36. The maximum atomic E-state index is 12.3. The lowest BCUT2D eigenvalue weighted by molar-refractivity contribution is -0.118. The molecule has 0 atom stereocenters. The van der Waals surface area contributed by atoms with Gasteiger partial charge in [-0.15, -0.1) is 0 Å². The first-order valence-corrected chi connectivity index (χ1v) is 6.73. The Morgan fingerprint density at radius 2 is 2.00 bits per heavy atom. The Bertz CT molecular complexity index is 482. The van der Waals surface area contributed by atoms with Gasteiger partial charge in [0.25, 0.3) is 0 Å². The van der Waals surface area contributed by atoms with Crippen molar-refractivity contribution in [2.45, 2.75) is 32.4 Å². The smallest absolute Gasteiger partial charge is 0.232 e. The Hall–Kier alpha value is -1.39. The number of rotatable bonds is 5. The summed E-state index contributed by atoms with van der Waals surface area (Å²) in [5.74, 6) is 0.192. The summed E-state index contributed by atoms with van der Waals surface area (Å²) in [7, 11) is 3.85. The average Bonchev–Trinajstić information content (AvgIpc) is 2.65. The van der Waals surface area contributed by atoms with E-state index < -0.39 is 0 Å². The molecule has 1 aliphatic heterocycles. The maximum absolute atomic E-state index is 12.3. The molecule has 2 N–H and O–H groups in total. The van der Waals surface area contributed by atoms with Crippen LogP contribution in [0.1, 0.15) is 25.0 Å². The van der Waals surface area contributed by atoms with Gasteiger partial charge in [-0.25, -0.2) is 0 Å². The zero-order valence-electron chi connectivity index (χ0n) is 12.2. The van der Waals surface area contributed by atoms with Gasteiger partial charge in [0, 0.05) is 18.8 Å². The molecule has 4 heteroatoms. The summed E-state index contributed by atoms with van der Waals surface area (Å²) in [6.07, 6.45) is 0.514. The van der Waals surface area contributed by atoms with Crippen molar-refractivity contribution in [3.8, 4) is 0 Å². The second-order valence-electron chi connectivity index (χ2n) is 5.74. The van der Waals surface area contributed by atoms with E-state index in [4.69, 9.17) is 0 Å². The molecule has 1 amide bonds. The van der Waals surface area contributed by atoms with Gasteiger partial charge in [-0.05, 0) is 45.1 Å². The minimum absolute atomic E-state index is 0.192. The quantitative estimate of drug-likeness (QED) is 0.839.